The summed E-state index contributed by atoms with van der Waals surface area (Å²) >= 11 is 0. The average Bonchev–Trinajstić information content (AvgIpc) is 2.87. The number of hydrogen-bond acceptors (Lipinski definition) is 4. The van der Waals surface area contributed by atoms with E-state index in [1.807, 2.05) is 31.8 Å². The van der Waals surface area contributed by atoms with Gasteiger partial charge in [-0.15, -0.1) is 0 Å². The number of aromatic nitrogens is 4. The fourth-order valence-electron chi connectivity index (χ4n) is 2.56. The van der Waals surface area contributed by atoms with Crippen LogP contribution in [0.3, 0.4) is 0 Å². The maximum absolute atomic E-state index is 4.53. The molecular weight excluding hydrogens is 238 g/mol. The minimum atomic E-state index is 0.701. The summed E-state index contributed by atoms with van der Waals surface area (Å²) in [6, 6.07) is 0. The molecule has 3 rings (SSSR count). The smallest absolute Gasteiger partial charge is 0.0916 e. The van der Waals surface area contributed by atoms with Crippen molar-refractivity contribution in [2.75, 3.05) is 13.1 Å². The molecule has 0 aliphatic carbocycles. The van der Waals surface area contributed by atoms with Crippen LogP contribution in [0.25, 0.3) is 11.3 Å². The quantitative estimate of drug-likeness (QED) is 0.903. The van der Waals surface area contributed by atoms with Crippen LogP contribution >= 0.6 is 0 Å². The molecule has 1 aliphatic heterocycles. The molecule has 0 aromatic carbocycles. The van der Waals surface area contributed by atoms with Gasteiger partial charge in [-0.25, -0.2) is 0 Å². The van der Waals surface area contributed by atoms with E-state index >= 15 is 0 Å². The molecule has 1 saturated heterocycles. The Hall–Kier alpha value is -1.75. The Balaban J connectivity index is 1.68. The first-order valence-corrected chi connectivity index (χ1v) is 6.82. The summed E-state index contributed by atoms with van der Waals surface area (Å²) in [6.07, 6.45) is 11.1. The van der Waals surface area contributed by atoms with Crippen LogP contribution in [-0.4, -0.2) is 32.8 Å². The molecule has 5 heteroatoms. The molecule has 1 fully saturated rings. The van der Waals surface area contributed by atoms with Gasteiger partial charge < -0.3 is 5.32 Å². The second-order valence-corrected chi connectivity index (χ2v) is 5.21. The van der Waals surface area contributed by atoms with Gasteiger partial charge in [0.2, 0.25) is 0 Å². The number of rotatable bonds is 3. The van der Waals surface area contributed by atoms with Crippen molar-refractivity contribution in [3.63, 3.8) is 0 Å². The second-order valence-electron chi connectivity index (χ2n) is 5.21. The molecule has 0 saturated carbocycles. The first kappa shape index (κ1) is 12.3. The van der Waals surface area contributed by atoms with Crippen LogP contribution in [0.5, 0.6) is 0 Å². The number of piperidine rings is 1. The van der Waals surface area contributed by atoms with E-state index in [4.69, 9.17) is 0 Å². The molecule has 0 bridgehead atoms. The van der Waals surface area contributed by atoms with Crippen molar-refractivity contribution in [1.29, 1.82) is 0 Å². The lowest BCUT2D eigenvalue weighted by Gasteiger charge is -2.22. The average molecular weight is 257 g/mol. The second kappa shape index (κ2) is 5.48. The summed E-state index contributed by atoms with van der Waals surface area (Å²) in [5.74, 6) is 0.701. The van der Waals surface area contributed by atoms with Gasteiger partial charge in [0.1, 0.15) is 0 Å². The Morgan fingerprint density at radius 2 is 2.26 bits per heavy atom. The number of nitrogens with one attached hydrogen (secondary N) is 1. The van der Waals surface area contributed by atoms with Gasteiger partial charge in [-0.1, -0.05) is 0 Å². The lowest BCUT2D eigenvalue weighted by molar-refractivity contribution is 0.373. The molecule has 1 N–H and O–H groups in total. The molecule has 3 heterocycles. The molecule has 0 amide bonds. The summed E-state index contributed by atoms with van der Waals surface area (Å²) < 4.78 is 1.78. The van der Waals surface area contributed by atoms with Gasteiger partial charge in [0, 0.05) is 25.0 Å². The lowest BCUT2D eigenvalue weighted by Crippen LogP contribution is -2.31. The topological polar surface area (TPSA) is 55.6 Å². The van der Waals surface area contributed by atoms with E-state index in [9.17, 15) is 0 Å². The summed E-state index contributed by atoms with van der Waals surface area (Å²) in [5.41, 5.74) is 2.99. The highest BCUT2D eigenvalue weighted by molar-refractivity contribution is 5.55. The predicted octanol–water partition coefficient (Wildman–Crippen LogP) is 1.42. The van der Waals surface area contributed by atoms with Crippen LogP contribution in [0, 0.1) is 5.92 Å². The first-order chi connectivity index (χ1) is 9.31. The summed E-state index contributed by atoms with van der Waals surface area (Å²) in [7, 11) is 1.90. The third-order valence-corrected chi connectivity index (χ3v) is 3.60. The minimum absolute atomic E-state index is 0.701. The zero-order valence-electron chi connectivity index (χ0n) is 11.2. The number of hydrogen-bond donors (Lipinski definition) is 1. The van der Waals surface area contributed by atoms with Crippen molar-refractivity contribution in [2.24, 2.45) is 13.0 Å². The molecule has 2 aromatic rings. The zero-order valence-corrected chi connectivity index (χ0v) is 11.2. The van der Waals surface area contributed by atoms with Crippen LogP contribution in [0.2, 0.25) is 0 Å². The Kier molecular flexibility index (Phi) is 3.55. The normalized spacial score (nSPS) is 19.5. The standard InChI is InChI=1S/C14H19N5/c1-19-10-12(7-18-19)14-9-16-13(8-17-14)5-11-3-2-4-15-6-11/h7-11,15H,2-6H2,1H3/t11-/m0/s1. The Bertz CT molecular complexity index is 525. The van der Waals surface area contributed by atoms with Crippen LogP contribution in [0.15, 0.2) is 24.8 Å². The highest BCUT2D eigenvalue weighted by atomic mass is 15.2. The van der Waals surface area contributed by atoms with Gasteiger partial charge in [0.15, 0.2) is 0 Å². The van der Waals surface area contributed by atoms with E-state index in [0.717, 1.165) is 36.5 Å². The number of nitrogens with zero attached hydrogens (tertiary/aromatic N) is 4. The molecule has 100 valence electrons. The Labute approximate surface area is 113 Å². The van der Waals surface area contributed by atoms with E-state index in [0.29, 0.717) is 5.92 Å². The third-order valence-electron chi connectivity index (χ3n) is 3.60. The molecule has 2 aromatic heterocycles. The van der Waals surface area contributed by atoms with E-state index in [1.54, 1.807) is 4.68 Å². The van der Waals surface area contributed by atoms with Crippen molar-refractivity contribution in [1.82, 2.24) is 25.1 Å². The zero-order chi connectivity index (χ0) is 13.1. The third kappa shape index (κ3) is 2.98. The SMILES string of the molecule is Cn1cc(-c2cnc(C[C@@H]3CCCNC3)cn2)cn1. The van der Waals surface area contributed by atoms with E-state index in [1.165, 1.54) is 12.8 Å². The van der Waals surface area contributed by atoms with E-state index in [2.05, 4.69) is 20.4 Å². The van der Waals surface area contributed by atoms with Crippen LogP contribution in [-0.2, 0) is 13.5 Å². The first-order valence-electron chi connectivity index (χ1n) is 6.82. The van der Waals surface area contributed by atoms with Crippen LogP contribution in [0.1, 0.15) is 18.5 Å². The fraction of sp³-hybridized carbons (Fsp3) is 0.500. The molecule has 1 aliphatic rings. The predicted molar refractivity (Wildman–Crippen MR) is 73.5 cm³/mol. The van der Waals surface area contributed by atoms with Crippen molar-refractivity contribution in [3.8, 4) is 11.3 Å². The monoisotopic (exact) mass is 257 g/mol. The Morgan fingerprint density at radius 1 is 1.32 bits per heavy atom. The van der Waals surface area contributed by atoms with Crippen molar-refractivity contribution >= 4 is 0 Å². The maximum Gasteiger partial charge on any atom is 0.0916 e. The lowest BCUT2D eigenvalue weighted by atomic mass is 9.95. The van der Waals surface area contributed by atoms with Crippen LogP contribution < -0.4 is 5.32 Å². The van der Waals surface area contributed by atoms with Gasteiger partial charge in [0.05, 0.1) is 23.8 Å². The van der Waals surface area contributed by atoms with Crippen molar-refractivity contribution < 1.29 is 0 Å². The van der Waals surface area contributed by atoms with Gasteiger partial charge in [-0.2, -0.15) is 5.10 Å². The molecule has 0 unspecified atom stereocenters. The van der Waals surface area contributed by atoms with Gasteiger partial charge in [0.25, 0.3) is 0 Å². The Morgan fingerprint density at radius 3 is 2.89 bits per heavy atom. The summed E-state index contributed by atoms with van der Waals surface area (Å²) in [4.78, 5) is 9.02. The van der Waals surface area contributed by atoms with E-state index < -0.39 is 0 Å². The van der Waals surface area contributed by atoms with Crippen LogP contribution in [0.4, 0.5) is 0 Å². The van der Waals surface area contributed by atoms with Gasteiger partial charge in [-0.05, 0) is 38.3 Å². The minimum Gasteiger partial charge on any atom is -0.316 e. The van der Waals surface area contributed by atoms with Crippen molar-refractivity contribution in [2.45, 2.75) is 19.3 Å². The summed E-state index contributed by atoms with van der Waals surface area (Å²) in [6.45, 7) is 2.26. The molecule has 19 heavy (non-hydrogen) atoms. The van der Waals surface area contributed by atoms with E-state index in [-0.39, 0.29) is 0 Å². The largest absolute Gasteiger partial charge is 0.316 e. The molecule has 1 atom stereocenters. The van der Waals surface area contributed by atoms with Crippen molar-refractivity contribution in [3.05, 3.63) is 30.5 Å². The number of aryl methyl sites for hydroxylation is 1. The molecule has 0 spiro atoms. The highest BCUT2D eigenvalue weighted by Crippen LogP contribution is 2.17. The molecule has 0 radical (unpaired) electrons. The van der Waals surface area contributed by atoms with Gasteiger partial charge >= 0.3 is 0 Å². The fourth-order valence-corrected chi connectivity index (χ4v) is 2.56. The maximum atomic E-state index is 4.53. The van der Waals surface area contributed by atoms with Gasteiger partial charge in [-0.3, -0.25) is 14.6 Å². The summed E-state index contributed by atoms with van der Waals surface area (Å²) in [5, 5.41) is 7.59. The molecular formula is C14H19N5. The highest BCUT2D eigenvalue weighted by Gasteiger charge is 2.14. The molecule has 5 nitrogen and oxygen atoms in total.